The van der Waals surface area contributed by atoms with Crippen molar-refractivity contribution in [2.24, 2.45) is 0 Å². The number of carboxylic acids is 1. The highest BCUT2D eigenvalue weighted by Crippen LogP contribution is 2.40. The van der Waals surface area contributed by atoms with E-state index >= 15 is 0 Å². The molecular formula is C25H19ClN2O3. The van der Waals surface area contributed by atoms with E-state index in [9.17, 15) is 20.0 Å². The summed E-state index contributed by atoms with van der Waals surface area (Å²) in [5, 5.41) is 19.9. The third kappa shape index (κ3) is 3.90. The number of aliphatic carboxylic acids is 1. The number of hydrogen-bond acceptors (Lipinski definition) is 3. The van der Waals surface area contributed by atoms with Gasteiger partial charge in [-0.05, 0) is 47.7 Å². The number of nitrogens with zero attached hydrogens (tertiary/aromatic N) is 2. The number of hydrogen-bond donors (Lipinski definition) is 1. The molecule has 0 unspecified atom stereocenters. The number of carboxylic acid groups (broad SMARTS) is 1. The van der Waals surface area contributed by atoms with Crippen molar-refractivity contribution < 1.29 is 14.7 Å². The molecule has 0 aromatic heterocycles. The fraction of sp³-hybridized carbons (Fsp3) is 0.160. The highest BCUT2D eigenvalue weighted by molar-refractivity contribution is 6.31. The highest BCUT2D eigenvalue weighted by Gasteiger charge is 2.42. The lowest BCUT2D eigenvalue weighted by molar-refractivity contribution is -0.141. The average molecular weight is 431 g/mol. The van der Waals surface area contributed by atoms with E-state index in [1.165, 1.54) is 11.0 Å². The maximum Gasteiger partial charge on any atom is 0.326 e. The Hall–Kier alpha value is -3.62. The van der Waals surface area contributed by atoms with Crippen LogP contribution in [0.25, 0.3) is 11.1 Å². The Morgan fingerprint density at radius 3 is 2.39 bits per heavy atom. The number of rotatable bonds is 4. The predicted octanol–water partition coefficient (Wildman–Crippen LogP) is 5.31. The van der Waals surface area contributed by atoms with Gasteiger partial charge in [0.05, 0.1) is 17.7 Å². The van der Waals surface area contributed by atoms with Crippen LogP contribution < -0.4 is 0 Å². The summed E-state index contributed by atoms with van der Waals surface area (Å²) in [5.74, 6) is -1.48. The molecule has 1 amide bonds. The molecule has 1 aliphatic heterocycles. The maximum atomic E-state index is 13.5. The molecule has 5 nitrogen and oxygen atoms in total. The van der Waals surface area contributed by atoms with Gasteiger partial charge in [0.15, 0.2) is 0 Å². The molecule has 4 rings (SSSR count). The number of likely N-dealkylation sites (tertiary alicyclic amines) is 1. The van der Waals surface area contributed by atoms with Crippen molar-refractivity contribution in [1.29, 1.82) is 5.26 Å². The zero-order chi connectivity index (χ0) is 22.0. The first-order valence-corrected chi connectivity index (χ1v) is 10.3. The van der Waals surface area contributed by atoms with Crippen LogP contribution in [0.4, 0.5) is 0 Å². The van der Waals surface area contributed by atoms with Crippen molar-refractivity contribution in [3.05, 3.63) is 94.5 Å². The zero-order valence-electron chi connectivity index (χ0n) is 16.5. The lowest BCUT2D eigenvalue weighted by atomic mass is 9.97. The molecule has 31 heavy (non-hydrogen) atoms. The lowest BCUT2D eigenvalue weighted by Crippen LogP contribution is -2.41. The number of carbonyl (C=O) groups is 2. The number of nitriles is 1. The van der Waals surface area contributed by atoms with Crippen molar-refractivity contribution in [2.75, 3.05) is 0 Å². The van der Waals surface area contributed by atoms with E-state index in [0.29, 0.717) is 23.4 Å². The molecule has 0 spiro atoms. The Morgan fingerprint density at radius 1 is 1.00 bits per heavy atom. The van der Waals surface area contributed by atoms with Crippen LogP contribution in [0.15, 0.2) is 72.8 Å². The summed E-state index contributed by atoms with van der Waals surface area (Å²) in [4.78, 5) is 26.8. The standard InChI is InChI=1S/C25H19ClN2O3/c26-21-9-5-4-8-20(21)22-12-13-23(25(30)31)28(22)24(29)17-10-11-19(18(14-17)15-27)16-6-2-1-3-7-16/h1-11,14,22-23H,12-13H2,(H,30,31)/t22-,23+/m1/s1. The van der Waals surface area contributed by atoms with Crippen LogP contribution in [-0.2, 0) is 4.79 Å². The summed E-state index contributed by atoms with van der Waals surface area (Å²) >= 11 is 6.36. The van der Waals surface area contributed by atoms with Crippen LogP contribution in [-0.4, -0.2) is 27.9 Å². The molecule has 2 atom stereocenters. The molecule has 0 radical (unpaired) electrons. The maximum absolute atomic E-state index is 13.5. The lowest BCUT2D eigenvalue weighted by Gasteiger charge is -2.29. The summed E-state index contributed by atoms with van der Waals surface area (Å²) in [6.45, 7) is 0. The Kier molecular flexibility index (Phi) is 5.75. The molecule has 1 saturated heterocycles. The summed E-state index contributed by atoms with van der Waals surface area (Å²) in [6.07, 6.45) is 0.837. The monoisotopic (exact) mass is 430 g/mol. The molecule has 1 fully saturated rings. The minimum atomic E-state index is -1.05. The van der Waals surface area contributed by atoms with Crippen LogP contribution in [0.5, 0.6) is 0 Å². The first-order valence-electron chi connectivity index (χ1n) is 9.90. The smallest absolute Gasteiger partial charge is 0.326 e. The van der Waals surface area contributed by atoms with Gasteiger partial charge in [-0.1, -0.05) is 66.2 Å². The van der Waals surface area contributed by atoms with Gasteiger partial charge in [0, 0.05) is 10.6 Å². The van der Waals surface area contributed by atoms with E-state index in [4.69, 9.17) is 11.6 Å². The third-order valence-corrected chi connectivity index (χ3v) is 5.98. The van der Waals surface area contributed by atoms with Gasteiger partial charge in [0.2, 0.25) is 0 Å². The Bertz CT molecular complexity index is 1190. The van der Waals surface area contributed by atoms with Crippen LogP contribution in [0.2, 0.25) is 5.02 Å². The van der Waals surface area contributed by atoms with Gasteiger partial charge < -0.3 is 10.0 Å². The minimum absolute atomic E-state index is 0.279. The van der Waals surface area contributed by atoms with Gasteiger partial charge in [-0.25, -0.2) is 4.79 Å². The van der Waals surface area contributed by atoms with Gasteiger partial charge in [0.25, 0.3) is 5.91 Å². The van der Waals surface area contributed by atoms with Crippen LogP contribution in [0, 0.1) is 11.3 Å². The second kappa shape index (κ2) is 8.63. The van der Waals surface area contributed by atoms with E-state index in [1.807, 2.05) is 42.5 Å². The fourth-order valence-corrected chi connectivity index (χ4v) is 4.44. The topological polar surface area (TPSA) is 81.4 Å². The molecule has 1 heterocycles. The first kappa shape index (κ1) is 20.6. The number of carbonyl (C=O) groups excluding carboxylic acids is 1. The van der Waals surface area contributed by atoms with E-state index in [2.05, 4.69) is 6.07 Å². The molecule has 0 bridgehead atoms. The second-order valence-corrected chi connectivity index (χ2v) is 7.83. The molecule has 1 aliphatic rings. The highest BCUT2D eigenvalue weighted by atomic mass is 35.5. The van der Waals surface area contributed by atoms with Crippen molar-refractivity contribution in [2.45, 2.75) is 24.9 Å². The molecule has 154 valence electrons. The molecule has 3 aromatic carbocycles. The largest absolute Gasteiger partial charge is 0.480 e. The molecular weight excluding hydrogens is 412 g/mol. The van der Waals surface area contributed by atoms with E-state index < -0.39 is 24.0 Å². The van der Waals surface area contributed by atoms with Crippen LogP contribution in [0.1, 0.15) is 40.4 Å². The second-order valence-electron chi connectivity index (χ2n) is 7.42. The average Bonchev–Trinajstić information content (AvgIpc) is 3.24. The Balaban J connectivity index is 1.75. The summed E-state index contributed by atoms with van der Waals surface area (Å²) in [7, 11) is 0. The van der Waals surface area contributed by atoms with Gasteiger partial charge in [-0.3, -0.25) is 4.79 Å². The SMILES string of the molecule is N#Cc1cc(C(=O)N2[C@@H](c3ccccc3Cl)CC[C@H]2C(=O)O)ccc1-c1ccccc1. The van der Waals surface area contributed by atoms with Crippen molar-refractivity contribution in [3.63, 3.8) is 0 Å². The van der Waals surface area contributed by atoms with Crippen molar-refractivity contribution in [3.8, 4) is 17.2 Å². The number of benzene rings is 3. The van der Waals surface area contributed by atoms with Gasteiger partial charge in [0.1, 0.15) is 6.04 Å². The third-order valence-electron chi connectivity index (χ3n) is 5.64. The molecule has 0 aliphatic carbocycles. The van der Waals surface area contributed by atoms with E-state index in [0.717, 1.165) is 16.7 Å². The molecule has 3 aromatic rings. The molecule has 6 heteroatoms. The van der Waals surface area contributed by atoms with E-state index in [1.54, 1.807) is 24.3 Å². The van der Waals surface area contributed by atoms with Crippen molar-refractivity contribution >= 4 is 23.5 Å². The Morgan fingerprint density at radius 2 is 1.71 bits per heavy atom. The summed E-state index contributed by atoms with van der Waals surface area (Å²) in [5.41, 5.74) is 2.96. The number of halogens is 1. The first-order chi connectivity index (χ1) is 15.0. The van der Waals surface area contributed by atoms with Gasteiger partial charge in [-0.15, -0.1) is 0 Å². The number of amides is 1. The summed E-state index contributed by atoms with van der Waals surface area (Å²) < 4.78 is 0. The predicted molar refractivity (Wildman–Crippen MR) is 118 cm³/mol. The fourth-order valence-electron chi connectivity index (χ4n) is 4.18. The van der Waals surface area contributed by atoms with Crippen LogP contribution >= 0.6 is 11.6 Å². The minimum Gasteiger partial charge on any atom is -0.480 e. The molecule has 0 saturated carbocycles. The Labute approximate surface area is 185 Å². The van der Waals surface area contributed by atoms with Gasteiger partial charge >= 0.3 is 5.97 Å². The van der Waals surface area contributed by atoms with Crippen LogP contribution in [0.3, 0.4) is 0 Å². The van der Waals surface area contributed by atoms with Gasteiger partial charge in [-0.2, -0.15) is 5.26 Å². The van der Waals surface area contributed by atoms with E-state index in [-0.39, 0.29) is 5.56 Å². The molecule has 1 N–H and O–H groups in total. The zero-order valence-corrected chi connectivity index (χ0v) is 17.3. The van der Waals surface area contributed by atoms with Crippen molar-refractivity contribution in [1.82, 2.24) is 4.90 Å². The quantitative estimate of drug-likeness (QED) is 0.608. The normalized spacial score (nSPS) is 17.9. The summed E-state index contributed by atoms with van der Waals surface area (Å²) in [6, 6.07) is 22.3.